The first kappa shape index (κ1) is 8.16. The highest BCUT2D eigenvalue weighted by Crippen LogP contribution is 2.39. The lowest BCUT2D eigenvalue weighted by Gasteiger charge is -2.33. The van der Waals surface area contributed by atoms with Gasteiger partial charge in [0, 0.05) is 0 Å². The van der Waals surface area contributed by atoms with E-state index < -0.39 is 9.75 Å². The SMILES string of the molecule is CC1(Cl)C=CC=CC1(C)Cl. The minimum Gasteiger partial charge on any atom is -0.113 e. The average Bonchev–Trinajstić information content (AvgIpc) is 1.77. The maximum Gasteiger partial charge on any atom is 0.0824 e. The summed E-state index contributed by atoms with van der Waals surface area (Å²) in [6.45, 7) is 3.81. The molecule has 0 bridgehead atoms. The highest BCUT2D eigenvalue weighted by Gasteiger charge is 2.38. The van der Waals surface area contributed by atoms with E-state index in [0.717, 1.165) is 0 Å². The largest absolute Gasteiger partial charge is 0.113 e. The van der Waals surface area contributed by atoms with Crippen LogP contribution in [0.25, 0.3) is 0 Å². The smallest absolute Gasteiger partial charge is 0.0824 e. The third-order valence-electron chi connectivity index (χ3n) is 1.89. The Morgan fingerprint density at radius 2 is 1.20 bits per heavy atom. The van der Waals surface area contributed by atoms with Crippen molar-refractivity contribution in [2.75, 3.05) is 0 Å². The van der Waals surface area contributed by atoms with Gasteiger partial charge in [0.2, 0.25) is 0 Å². The summed E-state index contributed by atoms with van der Waals surface area (Å²) in [5.41, 5.74) is 0. The fraction of sp³-hybridized carbons (Fsp3) is 0.500. The standard InChI is InChI=1S/C8H10Cl2/c1-7(9)5-3-4-6-8(7,2)10/h3-6H,1-2H3. The molecular formula is C8H10Cl2. The Bertz CT molecular complexity index is 165. The van der Waals surface area contributed by atoms with Crippen LogP contribution in [0.2, 0.25) is 0 Å². The Balaban J connectivity index is 2.96. The van der Waals surface area contributed by atoms with Crippen LogP contribution >= 0.6 is 23.2 Å². The summed E-state index contributed by atoms with van der Waals surface area (Å²) in [4.78, 5) is -0.910. The number of rotatable bonds is 0. The molecule has 0 nitrogen and oxygen atoms in total. The first-order valence-electron chi connectivity index (χ1n) is 3.21. The van der Waals surface area contributed by atoms with Crippen molar-refractivity contribution >= 4 is 23.2 Å². The van der Waals surface area contributed by atoms with Crippen LogP contribution in [0.15, 0.2) is 24.3 Å². The van der Waals surface area contributed by atoms with Crippen molar-refractivity contribution in [3.8, 4) is 0 Å². The first-order valence-corrected chi connectivity index (χ1v) is 3.96. The van der Waals surface area contributed by atoms with E-state index in [1.165, 1.54) is 0 Å². The van der Waals surface area contributed by atoms with Crippen molar-refractivity contribution in [3.63, 3.8) is 0 Å². The summed E-state index contributed by atoms with van der Waals surface area (Å²) in [5, 5.41) is 0. The molecule has 2 heteroatoms. The highest BCUT2D eigenvalue weighted by atomic mass is 35.5. The van der Waals surface area contributed by atoms with Crippen LogP contribution in [-0.2, 0) is 0 Å². The molecular weight excluding hydrogens is 167 g/mol. The second kappa shape index (κ2) is 2.28. The predicted octanol–water partition coefficient (Wildman–Crippen LogP) is 3.11. The molecule has 10 heavy (non-hydrogen) atoms. The van der Waals surface area contributed by atoms with Crippen LogP contribution in [0, 0.1) is 0 Å². The molecule has 0 saturated carbocycles. The molecule has 2 unspecified atom stereocenters. The van der Waals surface area contributed by atoms with Gasteiger partial charge in [0.25, 0.3) is 0 Å². The van der Waals surface area contributed by atoms with Crippen LogP contribution < -0.4 is 0 Å². The van der Waals surface area contributed by atoms with Gasteiger partial charge in [-0.1, -0.05) is 24.3 Å². The lowest BCUT2D eigenvalue weighted by molar-refractivity contribution is 0.627. The Kier molecular flexibility index (Phi) is 1.86. The van der Waals surface area contributed by atoms with Crippen molar-refractivity contribution in [3.05, 3.63) is 24.3 Å². The van der Waals surface area contributed by atoms with E-state index in [-0.39, 0.29) is 0 Å². The Morgan fingerprint density at radius 1 is 0.900 bits per heavy atom. The maximum atomic E-state index is 6.09. The summed E-state index contributed by atoms with van der Waals surface area (Å²) in [5.74, 6) is 0. The zero-order valence-corrected chi connectivity index (χ0v) is 7.58. The van der Waals surface area contributed by atoms with E-state index in [1.807, 2.05) is 38.2 Å². The van der Waals surface area contributed by atoms with Gasteiger partial charge in [0.1, 0.15) is 0 Å². The molecule has 0 aromatic rings. The molecule has 1 rings (SSSR count). The molecule has 56 valence electrons. The predicted molar refractivity (Wildman–Crippen MR) is 46.8 cm³/mol. The van der Waals surface area contributed by atoms with E-state index in [2.05, 4.69) is 0 Å². The summed E-state index contributed by atoms with van der Waals surface area (Å²) in [6, 6.07) is 0. The fourth-order valence-electron chi connectivity index (χ4n) is 0.798. The molecule has 0 amide bonds. The topological polar surface area (TPSA) is 0 Å². The number of alkyl halides is 2. The zero-order chi connectivity index (χ0) is 7.83. The summed E-state index contributed by atoms with van der Waals surface area (Å²) in [6.07, 6.45) is 7.64. The van der Waals surface area contributed by atoms with E-state index in [1.54, 1.807) is 0 Å². The minimum atomic E-state index is -0.455. The van der Waals surface area contributed by atoms with Gasteiger partial charge >= 0.3 is 0 Å². The second-order valence-corrected chi connectivity index (χ2v) is 4.44. The van der Waals surface area contributed by atoms with E-state index in [9.17, 15) is 0 Å². The summed E-state index contributed by atoms with van der Waals surface area (Å²) >= 11 is 12.2. The molecule has 0 spiro atoms. The van der Waals surface area contributed by atoms with Crippen LogP contribution in [0.5, 0.6) is 0 Å². The summed E-state index contributed by atoms with van der Waals surface area (Å²) in [7, 11) is 0. The molecule has 1 aliphatic carbocycles. The molecule has 0 aliphatic heterocycles. The second-order valence-electron chi connectivity index (χ2n) is 2.87. The molecule has 0 N–H and O–H groups in total. The van der Waals surface area contributed by atoms with Crippen molar-refractivity contribution < 1.29 is 0 Å². The van der Waals surface area contributed by atoms with Gasteiger partial charge in [0.05, 0.1) is 9.75 Å². The molecule has 1 aliphatic rings. The van der Waals surface area contributed by atoms with E-state index >= 15 is 0 Å². The molecule has 0 heterocycles. The molecule has 0 saturated heterocycles. The average molecular weight is 177 g/mol. The minimum absolute atomic E-state index is 0.455. The molecule has 0 aromatic heterocycles. The van der Waals surface area contributed by atoms with E-state index in [4.69, 9.17) is 23.2 Å². The van der Waals surface area contributed by atoms with Crippen LogP contribution in [-0.4, -0.2) is 9.75 Å². The van der Waals surface area contributed by atoms with Crippen LogP contribution in [0.3, 0.4) is 0 Å². The highest BCUT2D eigenvalue weighted by molar-refractivity contribution is 6.36. The quantitative estimate of drug-likeness (QED) is 0.498. The van der Waals surface area contributed by atoms with Crippen LogP contribution in [0.4, 0.5) is 0 Å². The van der Waals surface area contributed by atoms with Gasteiger partial charge in [-0.05, 0) is 13.8 Å². The summed E-state index contributed by atoms with van der Waals surface area (Å²) < 4.78 is 0. The molecule has 0 radical (unpaired) electrons. The van der Waals surface area contributed by atoms with Gasteiger partial charge < -0.3 is 0 Å². The lowest BCUT2D eigenvalue weighted by atomic mass is 9.90. The molecule has 0 aromatic carbocycles. The monoisotopic (exact) mass is 176 g/mol. The van der Waals surface area contributed by atoms with Gasteiger partial charge in [0.15, 0.2) is 0 Å². The Morgan fingerprint density at radius 3 is 1.40 bits per heavy atom. The van der Waals surface area contributed by atoms with Gasteiger partial charge in [-0.25, -0.2) is 0 Å². The van der Waals surface area contributed by atoms with Gasteiger partial charge in [-0.2, -0.15) is 0 Å². The van der Waals surface area contributed by atoms with Crippen LogP contribution in [0.1, 0.15) is 13.8 Å². The van der Waals surface area contributed by atoms with Crippen molar-refractivity contribution in [1.29, 1.82) is 0 Å². The lowest BCUT2D eigenvalue weighted by Crippen LogP contribution is -2.38. The van der Waals surface area contributed by atoms with E-state index in [0.29, 0.717) is 0 Å². The zero-order valence-electron chi connectivity index (χ0n) is 6.07. The van der Waals surface area contributed by atoms with Gasteiger partial charge in [-0.15, -0.1) is 23.2 Å². The maximum absolute atomic E-state index is 6.09. The number of halogens is 2. The molecule has 0 fully saturated rings. The van der Waals surface area contributed by atoms with Crippen molar-refractivity contribution in [2.45, 2.75) is 23.6 Å². The number of hydrogen-bond donors (Lipinski definition) is 0. The Labute approximate surface area is 71.5 Å². The fourth-order valence-corrected chi connectivity index (χ4v) is 1.07. The first-order chi connectivity index (χ1) is 4.46. The third-order valence-corrected chi connectivity index (χ3v) is 3.02. The number of hydrogen-bond acceptors (Lipinski definition) is 0. The van der Waals surface area contributed by atoms with Gasteiger partial charge in [-0.3, -0.25) is 0 Å². The molecule has 2 atom stereocenters. The normalized spacial score (nSPS) is 46.0. The van der Waals surface area contributed by atoms with Crippen molar-refractivity contribution in [2.24, 2.45) is 0 Å². The Hall–Kier alpha value is 0.0600. The third kappa shape index (κ3) is 1.23. The van der Waals surface area contributed by atoms with Crippen molar-refractivity contribution in [1.82, 2.24) is 0 Å². The number of allylic oxidation sites excluding steroid dienone is 4.